The number of fused-ring (bicyclic) bond motifs is 1. The molecule has 32 heavy (non-hydrogen) atoms. The van der Waals surface area contributed by atoms with Crippen LogP contribution in [-0.2, 0) is 11.3 Å². The van der Waals surface area contributed by atoms with Crippen molar-refractivity contribution in [3.63, 3.8) is 0 Å². The molecule has 9 heteroatoms. The zero-order chi connectivity index (χ0) is 23.3. The molecule has 0 unspecified atom stereocenters. The number of hydrogen-bond donors (Lipinski definition) is 0. The van der Waals surface area contributed by atoms with E-state index in [2.05, 4.69) is 14.9 Å². The maximum atomic E-state index is 14.2. The summed E-state index contributed by atoms with van der Waals surface area (Å²) in [6, 6.07) is 2.14. The molecule has 3 rings (SSSR count). The molecule has 7 nitrogen and oxygen atoms in total. The van der Waals surface area contributed by atoms with Crippen LogP contribution in [0.1, 0.15) is 47.9 Å². The number of nitrogens with zero attached hydrogens (tertiary/aromatic N) is 5. The number of benzene rings is 1. The van der Waals surface area contributed by atoms with Gasteiger partial charge in [0, 0.05) is 38.3 Å². The molecular formula is C23H29F2N5O2. The molecule has 0 saturated heterocycles. The Kier molecular flexibility index (Phi) is 7.84. The maximum absolute atomic E-state index is 14.2. The number of carbonyl (C=O) groups excluding carboxylic acids is 2. The van der Waals surface area contributed by atoms with Gasteiger partial charge in [0.2, 0.25) is 5.91 Å². The third-order valence-electron chi connectivity index (χ3n) is 5.55. The van der Waals surface area contributed by atoms with Crippen molar-refractivity contribution in [3.8, 4) is 0 Å². The van der Waals surface area contributed by atoms with Crippen molar-refractivity contribution >= 4 is 17.5 Å². The number of aryl methyl sites for hydroxylation is 1. The lowest BCUT2D eigenvalue weighted by atomic mass is 10.1. The van der Waals surface area contributed by atoms with E-state index in [1.807, 2.05) is 7.05 Å². The predicted octanol–water partition coefficient (Wildman–Crippen LogP) is 3.17. The lowest BCUT2D eigenvalue weighted by Crippen LogP contribution is -2.38. The molecule has 2 heterocycles. The van der Waals surface area contributed by atoms with Gasteiger partial charge >= 0.3 is 0 Å². The van der Waals surface area contributed by atoms with Gasteiger partial charge in [-0.2, -0.15) is 0 Å². The highest BCUT2D eigenvalue weighted by molar-refractivity contribution is 5.94. The third kappa shape index (κ3) is 5.64. The van der Waals surface area contributed by atoms with E-state index in [1.54, 1.807) is 18.7 Å². The quantitative estimate of drug-likeness (QED) is 0.710. The highest BCUT2D eigenvalue weighted by Crippen LogP contribution is 2.27. The molecule has 1 aliphatic rings. The summed E-state index contributed by atoms with van der Waals surface area (Å²) in [5.41, 5.74) is 1.55. The average molecular weight is 446 g/mol. The standard InChI is InChI=1S/C23H29F2N5O2/c1-4-22(31)30-10-6-8-28(3)7-5-9-29(23(32)20-14-26-16(2)13-27-20)15-17-11-18(24)19(25)12-21(17)30/h11-14H,4-10,15H2,1-3H3. The number of rotatable bonds is 2. The third-order valence-corrected chi connectivity index (χ3v) is 5.55. The first-order valence-electron chi connectivity index (χ1n) is 10.8. The van der Waals surface area contributed by atoms with E-state index in [9.17, 15) is 18.4 Å². The van der Waals surface area contributed by atoms with Gasteiger partial charge in [-0.15, -0.1) is 0 Å². The highest BCUT2D eigenvalue weighted by atomic mass is 19.2. The van der Waals surface area contributed by atoms with E-state index < -0.39 is 11.6 Å². The number of amides is 2. The van der Waals surface area contributed by atoms with Crippen LogP contribution in [0.25, 0.3) is 0 Å². The van der Waals surface area contributed by atoms with E-state index in [-0.39, 0.29) is 30.5 Å². The monoisotopic (exact) mass is 445 g/mol. The van der Waals surface area contributed by atoms with Crippen LogP contribution in [0.4, 0.5) is 14.5 Å². The fourth-order valence-electron chi connectivity index (χ4n) is 3.79. The Bertz CT molecular complexity index is 968. The maximum Gasteiger partial charge on any atom is 0.274 e. The van der Waals surface area contributed by atoms with Crippen LogP contribution in [0.15, 0.2) is 24.5 Å². The van der Waals surface area contributed by atoms with Crippen LogP contribution in [0.5, 0.6) is 0 Å². The van der Waals surface area contributed by atoms with Gasteiger partial charge in [0.25, 0.3) is 5.91 Å². The van der Waals surface area contributed by atoms with Gasteiger partial charge < -0.3 is 14.7 Å². The summed E-state index contributed by atoms with van der Waals surface area (Å²) in [5.74, 6) is -2.56. The van der Waals surface area contributed by atoms with Gasteiger partial charge in [-0.1, -0.05) is 6.92 Å². The number of hydrogen-bond acceptors (Lipinski definition) is 5. The first-order chi connectivity index (χ1) is 15.3. The molecule has 0 N–H and O–H groups in total. The van der Waals surface area contributed by atoms with Gasteiger partial charge in [0.15, 0.2) is 11.6 Å². The summed E-state index contributed by atoms with van der Waals surface area (Å²) >= 11 is 0. The predicted molar refractivity (Wildman–Crippen MR) is 117 cm³/mol. The molecule has 0 aliphatic carbocycles. The fourth-order valence-corrected chi connectivity index (χ4v) is 3.79. The van der Waals surface area contributed by atoms with Gasteiger partial charge in [0.1, 0.15) is 5.69 Å². The Morgan fingerprint density at radius 1 is 1.00 bits per heavy atom. The van der Waals surface area contributed by atoms with Crippen molar-refractivity contribution in [3.05, 3.63) is 53.1 Å². The Morgan fingerprint density at radius 3 is 2.34 bits per heavy atom. The summed E-state index contributed by atoms with van der Waals surface area (Å²) in [5, 5.41) is 0. The van der Waals surface area contributed by atoms with Crippen LogP contribution in [0.3, 0.4) is 0 Å². The summed E-state index contributed by atoms with van der Waals surface area (Å²) < 4.78 is 28.4. The minimum atomic E-state index is -1.02. The normalized spacial score (nSPS) is 16.2. The van der Waals surface area contributed by atoms with Crippen molar-refractivity contribution in [2.45, 2.75) is 39.7 Å². The van der Waals surface area contributed by atoms with E-state index >= 15 is 0 Å². The second kappa shape index (κ2) is 10.6. The molecular weight excluding hydrogens is 416 g/mol. The highest BCUT2D eigenvalue weighted by Gasteiger charge is 2.25. The minimum Gasteiger partial charge on any atom is -0.333 e. The molecule has 2 aromatic rings. The largest absolute Gasteiger partial charge is 0.333 e. The summed E-state index contributed by atoms with van der Waals surface area (Å²) in [6.07, 6.45) is 4.57. The van der Waals surface area contributed by atoms with Crippen molar-refractivity contribution in [2.75, 3.05) is 38.1 Å². The number of carbonyl (C=O) groups is 2. The molecule has 1 aromatic carbocycles. The van der Waals surface area contributed by atoms with Crippen LogP contribution >= 0.6 is 0 Å². The molecule has 0 spiro atoms. The van der Waals surface area contributed by atoms with E-state index in [0.717, 1.165) is 25.2 Å². The van der Waals surface area contributed by atoms with Crippen LogP contribution in [0, 0.1) is 18.6 Å². The van der Waals surface area contributed by atoms with Crippen LogP contribution < -0.4 is 4.90 Å². The molecule has 172 valence electrons. The molecule has 0 bridgehead atoms. The molecule has 0 radical (unpaired) electrons. The minimum absolute atomic E-state index is 0.0259. The molecule has 1 aromatic heterocycles. The zero-order valence-electron chi connectivity index (χ0n) is 18.8. The summed E-state index contributed by atoms with van der Waals surface area (Å²) in [7, 11) is 1.98. The van der Waals surface area contributed by atoms with Gasteiger partial charge in [-0.05, 0) is 51.5 Å². The lowest BCUT2D eigenvalue weighted by Gasteiger charge is -2.30. The Hall–Kier alpha value is -2.94. The van der Waals surface area contributed by atoms with E-state index in [1.165, 1.54) is 17.3 Å². The molecule has 0 fully saturated rings. The van der Waals surface area contributed by atoms with Gasteiger partial charge in [-0.25, -0.2) is 13.8 Å². The Labute approximate surface area is 187 Å². The lowest BCUT2D eigenvalue weighted by molar-refractivity contribution is -0.118. The zero-order valence-corrected chi connectivity index (χ0v) is 18.8. The van der Waals surface area contributed by atoms with Crippen molar-refractivity contribution in [1.29, 1.82) is 0 Å². The first kappa shape index (κ1) is 23.7. The second-order valence-electron chi connectivity index (χ2n) is 8.07. The Morgan fingerprint density at radius 2 is 1.69 bits per heavy atom. The van der Waals surface area contributed by atoms with E-state index in [0.29, 0.717) is 42.9 Å². The van der Waals surface area contributed by atoms with Crippen molar-refractivity contribution < 1.29 is 18.4 Å². The smallest absolute Gasteiger partial charge is 0.274 e. The molecule has 0 saturated carbocycles. The SMILES string of the molecule is CCC(=O)N1CCCN(C)CCCN(C(=O)c2cnc(C)cn2)Cc2cc(F)c(F)cc21. The first-order valence-corrected chi connectivity index (χ1v) is 10.8. The topological polar surface area (TPSA) is 69.6 Å². The van der Waals surface area contributed by atoms with Gasteiger partial charge in [-0.3, -0.25) is 14.6 Å². The number of aromatic nitrogens is 2. The Balaban J connectivity index is 2.04. The summed E-state index contributed by atoms with van der Waals surface area (Å²) in [4.78, 5) is 39.4. The van der Waals surface area contributed by atoms with Crippen LogP contribution in [0.2, 0.25) is 0 Å². The van der Waals surface area contributed by atoms with E-state index in [4.69, 9.17) is 0 Å². The average Bonchev–Trinajstić information content (AvgIpc) is 2.77. The number of anilines is 1. The molecule has 0 atom stereocenters. The fraction of sp³-hybridized carbons (Fsp3) is 0.478. The summed E-state index contributed by atoms with van der Waals surface area (Å²) in [6.45, 7) is 5.82. The van der Waals surface area contributed by atoms with Crippen LogP contribution in [-0.4, -0.2) is 64.8 Å². The van der Waals surface area contributed by atoms with Gasteiger partial charge in [0.05, 0.1) is 17.6 Å². The van der Waals surface area contributed by atoms with Crippen molar-refractivity contribution in [1.82, 2.24) is 19.8 Å². The molecule has 2 amide bonds. The molecule has 1 aliphatic heterocycles. The van der Waals surface area contributed by atoms with Crippen molar-refractivity contribution in [2.24, 2.45) is 0 Å². The second-order valence-corrected chi connectivity index (χ2v) is 8.07. The number of halogens is 2.